The second kappa shape index (κ2) is 19.0. The van der Waals surface area contributed by atoms with Gasteiger partial charge in [-0.15, -0.1) is 8.67 Å². The molecule has 2 aromatic carbocycles. The van der Waals surface area contributed by atoms with Crippen molar-refractivity contribution in [2.24, 2.45) is 5.10 Å². The Kier molecular flexibility index (Phi) is 14.8. The van der Waals surface area contributed by atoms with E-state index in [0.717, 1.165) is 29.0 Å². The van der Waals surface area contributed by atoms with Gasteiger partial charge in [0.05, 0.1) is 64.7 Å². The van der Waals surface area contributed by atoms with Crippen LogP contribution in [-0.4, -0.2) is 83.9 Å². The second-order valence-corrected chi connectivity index (χ2v) is 13.6. The normalized spacial score (nSPS) is 14.7. The number of hydrazone groups is 1. The van der Waals surface area contributed by atoms with Crippen LogP contribution in [0, 0.1) is 0 Å². The number of anilines is 1. The monoisotopic (exact) mass is 830 g/mol. The summed E-state index contributed by atoms with van der Waals surface area (Å²) in [4.78, 5) is 38.5. The van der Waals surface area contributed by atoms with Gasteiger partial charge in [-0.05, 0) is 62.4 Å². The number of nitrogens with zero attached hydrogens (tertiary/aromatic N) is 4. The molecule has 2 heterocycles. The zero-order valence-corrected chi connectivity index (χ0v) is 30.6. The number of aromatic hydroxyl groups is 1. The lowest BCUT2D eigenvalue weighted by Gasteiger charge is -2.15. The first-order valence-electron chi connectivity index (χ1n) is 14.6. The zero-order valence-electron chi connectivity index (χ0n) is 27.3. The van der Waals surface area contributed by atoms with Crippen LogP contribution in [-0.2, 0) is 59.0 Å². The molecular weight excluding hydrogens is 805 g/mol. The lowest BCUT2D eigenvalue weighted by Crippen LogP contribution is -2.24. The standard InChI is InChI=1S/C29H26N4O17S4/c1-3-45-28(36)24-18(26(34)32(30-24)20-14-16(51-49-47-38)10-12-22(20)53(40)41)8-6-5-7-9-19-25(29(37)46-4-2)31-33(27(19)35)21-15-17(52-50-48-39)11-13-23(21)54(42,43)44/h5-15,34,38-39H,3-4H2,1-2H3,(H,40,41)(H,42,43,44)/b7-5?,8-6?,19-9-. The minimum Gasteiger partial charge on any atom is -0.493 e. The van der Waals surface area contributed by atoms with Crippen LogP contribution in [0.1, 0.15) is 29.9 Å². The summed E-state index contributed by atoms with van der Waals surface area (Å²) in [7, 11) is -4.95. The number of ether oxygens (including phenoxy) is 2. The van der Waals surface area contributed by atoms with Crippen LogP contribution in [0.3, 0.4) is 0 Å². The summed E-state index contributed by atoms with van der Waals surface area (Å²) in [5.74, 6) is -3.74. The highest BCUT2D eigenvalue weighted by atomic mass is 32.2. The Bertz CT molecular complexity index is 2180. The van der Waals surface area contributed by atoms with Gasteiger partial charge in [0.15, 0.2) is 22.5 Å². The minimum absolute atomic E-state index is 0.0705. The van der Waals surface area contributed by atoms with Crippen molar-refractivity contribution in [2.45, 2.75) is 33.4 Å². The van der Waals surface area contributed by atoms with Crippen LogP contribution < -0.4 is 5.01 Å². The van der Waals surface area contributed by atoms with Gasteiger partial charge in [0.1, 0.15) is 4.90 Å². The van der Waals surface area contributed by atoms with E-state index in [1.165, 1.54) is 56.4 Å². The fourth-order valence-electron chi connectivity index (χ4n) is 4.44. The van der Waals surface area contributed by atoms with Crippen LogP contribution in [0.2, 0.25) is 0 Å². The Morgan fingerprint density at radius 3 is 2.13 bits per heavy atom. The molecule has 1 aliphatic heterocycles. The van der Waals surface area contributed by atoms with Gasteiger partial charge in [0.2, 0.25) is 5.88 Å². The number of benzene rings is 2. The van der Waals surface area contributed by atoms with Crippen LogP contribution in [0.5, 0.6) is 5.88 Å². The number of hydrogen-bond donors (Lipinski definition) is 5. The number of carbonyl (C=O) groups excluding carboxylic acids is 3. The van der Waals surface area contributed by atoms with Gasteiger partial charge in [-0.3, -0.25) is 9.35 Å². The molecular formula is C29H26N4O17S4. The minimum atomic E-state index is -4.95. The molecule has 1 atom stereocenters. The first kappa shape index (κ1) is 42.0. The fourth-order valence-corrected chi connectivity index (χ4v) is 6.39. The van der Waals surface area contributed by atoms with Crippen LogP contribution in [0.4, 0.5) is 5.69 Å². The number of aromatic nitrogens is 2. The van der Waals surface area contributed by atoms with E-state index in [2.05, 4.69) is 28.9 Å². The highest BCUT2D eigenvalue weighted by molar-refractivity contribution is 7.94. The summed E-state index contributed by atoms with van der Waals surface area (Å²) in [6.45, 7) is 2.82. The van der Waals surface area contributed by atoms with Crippen molar-refractivity contribution < 1.29 is 80.0 Å². The van der Waals surface area contributed by atoms with E-state index in [1.54, 1.807) is 0 Å². The van der Waals surface area contributed by atoms with Crippen molar-refractivity contribution in [1.82, 2.24) is 9.78 Å². The van der Waals surface area contributed by atoms with Crippen LogP contribution >= 0.6 is 24.1 Å². The summed E-state index contributed by atoms with van der Waals surface area (Å²) >= 11 is -1.70. The summed E-state index contributed by atoms with van der Waals surface area (Å²) in [6, 6.07) is 6.88. The van der Waals surface area contributed by atoms with E-state index in [1.807, 2.05) is 0 Å². The zero-order chi connectivity index (χ0) is 39.6. The van der Waals surface area contributed by atoms with E-state index >= 15 is 0 Å². The molecule has 1 aliphatic rings. The van der Waals surface area contributed by atoms with E-state index in [0.29, 0.717) is 29.1 Å². The lowest BCUT2D eigenvalue weighted by atomic mass is 10.1. The molecule has 0 aliphatic carbocycles. The molecule has 1 amide bonds. The molecule has 1 unspecified atom stereocenters. The fraction of sp³-hybridized carbons (Fsp3) is 0.138. The molecule has 21 nitrogen and oxygen atoms in total. The highest BCUT2D eigenvalue weighted by Gasteiger charge is 2.38. The third-order valence-corrected chi connectivity index (χ3v) is 9.34. The Morgan fingerprint density at radius 1 is 0.926 bits per heavy atom. The molecule has 5 N–H and O–H groups in total. The maximum atomic E-state index is 13.6. The summed E-state index contributed by atoms with van der Waals surface area (Å²) in [6.07, 6.45) is 6.15. The number of amides is 1. The first-order chi connectivity index (χ1) is 25.8. The molecule has 0 saturated carbocycles. The topological polar surface area (TPSA) is 292 Å². The third-order valence-electron chi connectivity index (χ3n) is 6.56. The molecule has 0 radical (unpaired) electrons. The molecule has 0 fully saturated rings. The number of rotatable bonds is 17. The van der Waals surface area contributed by atoms with Gasteiger partial charge in [-0.1, -0.05) is 28.3 Å². The molecule has 0 saturated heterocycles. The van der Waals surface area contributed by atoms with Crippen molar-refractivity contribution in [3.05, 3.63) is 77.5 Å². The quantitative estimate of drug-likeness (QED) is 0.0188. The molecule has 54 heavy (non-hydrogen) atoms. The Morgan fingerprint density at radius 2 is 1.54 bits per heavy atom. The van der Waals surface area contributed by atoms with E-state index < -0.39 is 66.9 Å². The second-order valence-electron chi connectivity index (χ2n) is 9.76. The molecule has 288 valence electrons. The van der Waals surface area contributed by atoms with Gasteiger partial charge in [-0.2, -0.15) is 28.3 Å². The average molecular weight is 831 g/mol. The Hall–Kier alpha value is -4.77. The Balaban J connectivity index is 1.74. The predicted molar refractivity (Wildman–Crippen MR) is 186 cm³/mol. The number of hydrogen-bond acceptors (Lipinski definition) is 19. The largest absolute Gasteiger partial charge is 0.493 e. The summed E-state index contributed by atoms with van der Waals surface area (Å²) in [5.41, 5.74) is -2.22. The van der Waals surface area contributed by atoms with Gasteiger partial charge >= 0.3 is 11.9 Å². The van der Waals surface area contributed by atoms with Gasteiger partial charge in [0, 0.05) is 9.79 Å². The van der Waals surface area contributed by atoms with Crippen LogP contribution in [0.15, 0.2) is 91.0 Å². The number of esters is 2. The van der Waals surface area contributed by atoms with Crippen molar-refractivity contribution in [3.8, 4) is 11.6 Å². The number of allylic oxidation sites excluding steroid dienone is 4. The van der Waals surface area contributed by atoms with Gasteiger partial charge in [-0.25, -0.2) is 24.3 Å². The molecule has 1 aromatic heterocycles. The Labute approximate surface area is 315 Å². The molecule has 0 bridgehead atoms. The van der Waals surface area contributed by atoms with Gasteiger partial charge in [0.25, 0.3) is 16.0 Å². The van der Waals surface area contributed by atoms with Crippen molar-refractivity contribution in [2.75, 3.05) is 18.2 Å². The van der Waals surface area contributed by atoms with Crippen molar-refractivity contribution >= 4 is 80.6 Å². The SMILES string of the molecule is CCOC(=O)C1=NN(c2cc(SOOO)ccc2S(=O)(=O)O)C(=O)/C1=C\C=CC=Cc1c(C(=O)OCC)nn(-c2cc(SOOO)ccc2S(=O)O)c1O. The van der Waals surface area contributed by atoms with E-state index in [4.69, 9.17) is 20.0 Å². The lowest BCUT2D eigenvalue weighted by molar-refractivity contribution is -0.432. The molecule has 25 heteroatoms. The molecule has 3 aromatic rings. The third kappa shape index (κ3) is 9.85. The maximum absolute atomic E-state index is 13.6. The molecule has 4 rings (SSSR count). The average Bonchev–Trinajstić information content (AvgIpc) is 3.64. The maximum Gasteiger partial charge on any atom is 0.359 e. The van der Waals surface area contributed by atoms with Crippen molar-refractivity contribution in [1.29, 1.82) is 0 Å². The smallest absolute Gasteiger partial charge is 0.359 e. The highest BCUT2D eigenvalue weighted by Crippen LogP contribution is 2.35. The summed E-state index contributed by atoms with van der Waals surface area (Å²) < 4.78 is 75.7. The van der Waals surface area contributed by atoms with E-state index in [-0.39, 0.29) is 44.7 Å². The van der Waals surface area contributed by atoms with E-state index in [9.17, 15) is 41.2 Å². The predicted octanol–water partition coefficient (Wildman–Crippen LogP) is 3.90. The van der Waals surface area contributed by atoms with Crippen molar-refractivity contribution in [3.63, 3.8) is 0 Å². The van der Waals surface area contributed by atoms with Crippen LogP contribution in [0.25, 0.3) is 11.8 Å². The first-order valence-corrected chi connectivity index (χ1v) is 18.6. The molecule has 0 spiro atoms. The summed E-state index contributed by atoms with van der Waals surface area (Å²) in [5, 5.41) is 43.8. The van der Waals surface area contributed by atoms with Gasteiger partial charge < -0.3 is 19.1 Å². The number of carbonyl (C=O) groups is 3.